The molecule has 0 heterocycles. The van der Waals surface area contributed by atoms with E-state index in [9.17, 15) is 0 Å². The van der Waals surface area contributed by atoms with Crippen LogP contribution in [0.3, 0.4) is 0 Å². The number of rotatable bonds is 5. The van der Waals surface area contributed by atoms with Crippen molar-refractivity contribution in [3.63, 3.8) is 0 Å². The largest absolute Gasteiger partial charge is 0.489 e. The smallest absolute Gasteiger partial charge is 0.120 e. The van der Waals surface area contributed by atoms with Crippen LogP contribution in [0.2, 0.25) is 0 Å². The van der Waals surface area contributed by atoms with Gasteiger partial charge in [-0.05, 0) is 43.2 Å². The first kappa shape index (κ1) is 13.8. The summed E-state index contributed by atoms with van der Waals surface area (Å²) in [7, 11) is 0. The van der Waals surface area contributed by atoms with Gasteiger partial charge in [-0.25, -0.2) is 0 Å². The van der Waals surface area contributed by atoms with Gasteiger partial charge in [-0.3, -0.25) is 0 Å². The SMILES string of the molecule is C=C/C=C(\C=C/C)COc1ccc(Br)c(C)c1. The first-order valence-electron chi connectivity index (χ1n) is 5.50. The first-order valence-corrected chi connectivity index (χ1v) is 6.30. The Bertz CT molecular complexity index is 444. The molecule has 1 aromatic rings. The summed E-state index contributed by atoms with van der Waals surface area (Å²) in [5.41, 5.74) is 2.27. The topological polar surface area (TPSA) is 9.23 Å². The quantitative estimate of drug-likeness (QED) is 0.707. The number of ether oxygens (including phenoxy) is 1. The summed E-state index contributed by atoms with van der Waals surface area (Å²) in [6, 6.07) is 5.97. The fourth-order valence-electron chi connectivity index (χ4n) is 1.39. The minimum atomic E-state index is 0.553. The van der Waals surface area contributed by atoms with E-state index in [1.807, 2.05) is 50.3 Å². The van der Waals surface area contributed by atoms with Gasteiger partial charge >= 0.3 is 0 Å². The Kier molecular flexibility index (Phi) is 5.78. The number of allylic oxidation sites excluding steroid dienone is 3. The van der Waals surface area contributed by atoms with E-state index in [4.69, 9.17) is 4.74 Å². The van der Waals surface area contributed by atoms with Crippen molar-refractivity contribution in [1.82, 2.24) is 0 Å². The summed E-state index contributed by atoms with van der Waals surface area (Å²) in [5, 5.41) is 0. The standard InChI is InChI=1S/C15H17BrO/c1-4-6-13(7-5-2)11-17-14-8-9-15(16)12(3)10-14/h4-10H,1,11H2,2-3H3/b7-5-,13-6+. The van der Waals surface area contributed by atoms with Gasteiger partial charge < -0.3 is 4.74 Å². The van der Waals surface area contributed by atoms with Gasteiger partial charge in [0.05, 0.1) is 0 Å². The van der Waals surface area contributed by atoms with Crippen molar-refractivity contribution in [3.05, 3.63) is 64.7 Å². The molecule has 2 heteroatoms. The van der Waals surface area contributed by atoms with Crippen molar-refractivity contribution in [1.29, 1.82) is 0 Å². The maximum atomic E-state index is 5.72. The van der Waals surface area contributed by atoms with E-state index in [0.29, 0.717) is 6.61 Å². The molecule has 0 aliphatic heterocycles. The third kappa shape index (κ3) is 4.61. The van der Waals surface area contributed by atoms with Gasteiger partial charge in [-0.2, -0.15) is 0 Å². The summed E-state index contributed by atoms with van der Waals surface area (Å²) >= 11 is 3.47. The Morgan fingerprint density at radius 3 is 2.82 bits per heavy atom. The molecule has 0 atom stereocenters. The molecule has 0 aromatic heterocycles. The lowest BCUT2D eigenvalue weighted by atomic mass is 10.2. The molecule has 90 valence electrons. The van der Waals surface area contributed by atoms with E-state index in [2.05, 4.69) is 22.5 Å². The molecule has 1 nitrogen and oxygen atoms in total. The van der Waals surface area contributed by atoms with Gasteiger partial charge in [0.15, 0.2) is 0 Å². The lowest BCUT2D eigenvalue weighted by Gasteiger charge is -2.08. The molecule has 0 bridgehead atoms. The van der Waals surface area contributed by atoms with Crippen LogP contribution < -0.4 is 4.74 Å². The van der Waals surface area contributed by atoms with Crippen LogP contribution in [0.5, 0.6) is 5.75 Å². The van der Waals surface area contributed by atoms with Crippen LogP contribution in [-0.4, -0.2) is 6.61 Å². The zero-order chi connectivity index (χ0) is 12.7. The highest BCUT2D eigenvalue weighted by atomic mass is 79.9. The van der Waals surface area contributed by atoms with Crippen LogP contribution in [-0.2, 0) is 0 Å². The highest BCUT2D eigenvalue weighted by molar-refractivity contribution is 9.10. The lowest BCUT2D eigenvalue weighted by Crippen LogP contribution is -1.99. The van der Waals surface area contributed by atoms with Gasteiger partial charge in [0, 0.05) is 4.47 Å². The van der Waals surface area contributed by atoms with E-state index in [1.54, 1.807) is 6.08 Å². The van der Waals surface area contributed by atoms with Crippen LogP contribution in [0.1, 0.15) is 12.5 Å². The normalized spacial score (nSPS) is 11.8. The van der Waals surface area contributed by atoms with Gasteiger partial charge in [-0.15, -0.1) is 0 Å². The molecule has 0 spiro atoms. The molecule has 0 unspecified atom stereocenters. The molecule has 0 radical (unpaired) electrons. The third-order valence-corrected chi connectivity index (χ3v) is 3.14. The molecule has 17 heavy (non-hydrogen) atoms. The molecule has 0 amide bonds. The van der Waals surface area contributed by atoms with Crippen molar-refractivity contribution < 1.29 is 4.74 Å². The molecule has 0 saturated carbocycles. The minimum Gasteiger partial charge on any atom is -0.489 e. The van der Waals surface area contributed by atoms with Crippen molar-refractivity contribution in [2.75, 3.05) is 6.61 Å². The summed E-state index contributed by atoms with van der Waals surface area (Å²) in [5.74, 6) is 0.880. The van der Waals surface area contributed by atoms with Crippen molar-refractivity contribution in [2.24, 2.45) is 0 Å². The number of halogens is 1. The third-order valence-electron chi connectivity index (χ3n) is 2.25. The fraction of sp³-hybridized carbons (Fsp3) is 0.200. The Hall–Kier alpha value is -1.28. The van der Waals surface area contributed by atoms with Crippen LogP contribution >= 0.6 is 15.9 Å². The van der Waals surface area contributed by atoms with E-state index in [-0.39, 0.29) is 0 Å². The highest BCUT2D eigenvalue weighted by Crippen LogP contribution is 2.21. The Labute approximate surface area is 112 Å². The van der Waals surface area contributed by atoms with Gasteiger partial charge in [-0.1, -0.05) is 46.8 Å². The zero-order valence-electron chi connectivity index (χ0n) is 10.2. The van der Waals surface area contributed by atoms with E-state index in [1.165, 1.54) is 5.56 Å². The second kappa shape index (κ2) is 7.13. The maximum absolute atomic E-state index is 5.72. The summed E-state index contributed by atoms with van der Waals surface area (Å²) in [6.45, 7) is 8.28. The monoisotopic (exact) mass is 292 g/mol. The summed E-state index contributed by atoms with van der Waals surface area (Å²) in [4.78, 5) is 0. The Morgan fingerprint density at radius 2 is 2.24 bits per heavy atom. The van der Waals surface area contributed by atoms with Gasteiger partial charge in [0.1, 0.15) is 12.4 Å². The Balaban J connectivity index is 2.68. The van der Waals surface area contributed by atoms with E-state index in [0.717, 1.165) is 15.8 Å². The average molecular weight is 293 g/mol. The molecule has 0 aliphatic rings. The predicted molar refractivity (Wildman–Crippen MR) is 77.5 cm³/mol. The van der Waals surface area contributed by atoms with Crippen LogP contribution in [0.15, 0.2) is 59.1 Å². The molecule has 1 rings (SSSR count). The molecule has 0 N–H and O–H groups in total. The second-order valence-electron chi connectivity index (χ2n) is 3.68. The highest BCUT2D eigenvalue weighted by Gasteiger charge is 1.99. The van der Waals surface area contributed by atoms with Crippen molar-refractivity contribution >= 4 is 15.9 Å². The van der Waals surface area contributed by atoms with Crippen LogP contribution in [0, 0.1) is 6.92 Å². The lowest BCUT2D eigenvalue weighted by molar-refractivity contribution is 0.355. The first-order chi connectivity index (χ1) is 8.17. The van der Waals surface area contributed by atoms with Gasteiger partial charge in [0.25, 0.3) is 0 Å². The van der Waals surface area contributed by atoms with Crippen LogP contribution in [0.25, 0.3) is 0 Å². The van der Waals surface area contributed by atoms with E-state index < -0.39 is 0 Å². The molecule has 0 saturated heterocycles. The number of aryl methyl sites for hydroxylation is 1. The van der Waals surface area contributed by atoms with Crippen LogP contribution in [0.4, 0.5) is 0 Å². The second-order valence-corrected chi connectivity index (χ2v) is 4.53. The van der Waals surface area contributed by atoms with Gasteiger partial charge in [0.2, 0.25) is 0 Å². The fourth-order valence-corrected chi connectivity index (χ4v) is 1.64. The average Bonchev–Trinajstić information content (AvgIpc) is 2.31. The minimum absolute atomic E-state index is 0.553. The molecular weight excluding hydrogens is 276 g/mol. The molecular formula is C15H17BrO. The van der Waals surface area contributed by atoms with Crippen molar-refractivity contribution in [2.45, 2.75) is 13.8 Å². The zero-order valence-corrected chi connectivity index (χ0v) is 11.8. The maximum Gasteiger partial charge on any atom is 0.120 e. The Morgan fingerprint density at radius 1 is 1.47 bits per heavy atom. The number of hydrogen-bond donors (Lipinski definition) is 0. The predicted octanol–water partition coefficient (Wildman–Crippen LogP) is 4.82. The number of hydrogen-bond acceptors (Lipinski definition) is 1. The molecule has 0 fully saturated rings. The molecule has 0 aliphatic carbocycles. The van der Waals surface area contributed by atoms with Crippen molar-refractivity contribution in [3.8, 4) is 5.75 Å². The molecule has 1 aromatic carbocycles. The number of benzene rings is 1. The van der Waals surface area contributed by atoms with E-state index >= 15 is 0 Å². The summed E-state index contributed by atoms with van der Waals surface area (Å²) in [6.07, 6.45) is 7.73. The summed E-state index contributed by atoms with van der Waals surface area (Å²) < 4.78 is 6.82.